The quantitative estimate of drug-likeness (QED) is 0.694. The van der Waals surface area contributed by atoms with E-state index in [0.29, 0.717) is 12.4 Å². The van der Waals surface area contributed by atoms with E-state index in [-0.39, 0.29) is 5.56 Å². The number of hydrogen-bond acceptors (Lipinski definition) is 3. The van der Waals surface area contributed by atoms with Crippen LogP contribution < -0.4 is 4.74 Å². The van der Waals surface area contributed by atoms with Gasteiger partial charge in [0, 0.05) is 0 Å². The van der Waals surface area contributed by atoms with Crippen LogP contribution in [0, 0.1) is 0 Å². The zero-order chi connectivity index (χ0) is 13.2. The summed E-state index contributed by atoms with van der Waals surface area (Å²) in [7, 11) is 0. The molecule has 3 nitrogen and oxygen atoms in total. The molecule has 0 aliphatic rings. The maximum Gasteiger partial charge on any atom is 0.339 e. The third-order valence-corrected chi connectivity index (χ3v) is 3.60. The Labute approximate surface area is 113 Å². The van der Waals surface area contributed by atoms with Crippen molar-refractivity contribution in [3.63, 3.8) is 0 Å². The SMILES string of the molecule is CCCCSCCCOc1ccccc1C(=O)O. The average Bonchev–Trinajstić information content (AvgIpc) is 2.38. The van der Waals surface area contributed by atoms with Gasteiger partial charge in [0.15, 0.2) is 0 Å². The van der Waals surface area contributed by atoms with Crippen molar-refractivity contribution in [1.29, 1.82) is 0 Å². The molecule has 100 valence electrons. The van der Waals surface area contributed by atoms with Gasteiger partial charge in [-0.05, 0) is 36.5 Å². The second-order valence-electron chi connectivity index (χ2n) is 3.97. The van der Waals surface area contributed by atoms with Crippen molar-refractivity contribution >= 4 is 17.7 Å². The number of thioether (sulfide) groups is 1. The molecule has 0 fully saturated rings. The molecule has 4 heteroatoms. The number of ether oxygens (including phenoxy) is 1. The van der Waals surface area contributed by atoms with E-state index >= 15 is 0 Å². The minimum atomic E-state index is -0.942. The van der Waals surface area contributed by atoms with Crippen LogP contribution in [0.2, 0.25) is 0 Å². The van der Waals surface area contributed by atoms with Crippen molar-refractivity contribution in [2.24, 2.45) is 0 Å². The van der Waals surface area contributed by atoms with Crippen molar-refractivity contribution in [3.05, 3.63) is 29.8 Å². The summed E-state index contributed by atoms with van der Waals surface area (Å²) in [6, 6.07) is 6.76. The fourth-order valence-electron chi connectivity index (χ4n) is 1.46. The van der Waals surface area contributed by atoms with Gasteiger partial charge in [0.2, 0.25) is 0 Å². The highest BCUT2D eigenvalue weighted by Gasteiger charge is 2.09. The summed E-state index contributed by atoms with van der Waals surface area (Å²) in [6.07, 6.45) is 3.44. The van der Waals surface area contributed by atoms with Gasteiger partial charge in [-0.3, -0.25) is 0 Å². The molecule has 0 atom stereocenters. The lowest BCUT2D eigenvalue weighted by Crippen LogP contribution is -2.05. The third-order valence-electron chi connectivity index (χ3n) is 2.45. The van der Waals surface area contributed by atoms with E-state index in [1.165, 1.54) is 18.6 Å². The van der Waals surface area contributed by atoms with E-state index in [0.717, 1.165) is 12.2 Å². The van der Waals surface area contributed by atoms with E-state index < -0.39 is 5.97 Å². The van der Waals surface area contributed by atoms with Crippen LogP contribution in [-0.4, -0.2) is 29.2 Å². The molecule has 0 saturated carbocycles. The zero-order valence-corrected chi connectivity index (χ0v) is 11.5. The number of carbonyl (C=O) groups is 1. The van der Waals surface area contributed by atoms with Crippen LogP contribution in [0.5, 0.6) is 5.75 Å². The van der Waals surface area contributed by atoms with Crippen molar-refractivity contribution in [1.82, 2.24) is 0 Å². The Morgan fingerprint density at radius 2 is 2.00 bits per heavy atom. The summed E-state index contributed by atoms with van der Waals surface area (Å²) in [4.78, 5) is 10.9. The number of rotatable bonds is 9. The highest BCUT2D eigenvalue weighted by Crippen LogP contribution is 2.18. The normalized spacial score (nSPS) is 10.3. The van der Waals surface area contributed by atoms with Gasteiger partial charge in [-0.15, -0.1) is 0 Å². The number of carboxylic acids is 1. The first-order valence-corrected chi connectivity index (χ1v) is 7.44. The van der Waals surface area contributed by atoms with E-state index in [2.05, 4.69) is 6.92 Å². The molecule has 0 heterocycles. The van der Waals surface area contributed by atoms with Crippen LogP contribution in [0.1, 0.15) is 36.5 Å². The summed E-state index contributed by atoms with van der Waals surface area (Å²) >= 11 is 1.93. The monoisotopic (exact) mass is 268 g/mol. The van der Waals surface area contributed by atoms with Crippen molar-refractivity contribution in [3.8, 4) is 5.75 Å². The van der Waals surface area contributed by atoms with Gasteiger partial charge in [0.25, 0.3) is 0 Å². The number of para-hydroxylation sites is 1. The molecule has 0 bridgehead atoms. The third kappa shape index (κ3) is 5.45. The second-order valence-corrected chi connectivity index (χ2v) is 5.19. The molecule has 1 aromatic carbocycles. The maximum atomic E-state index is 10.9. The lowest BCUT2D eigenvalue weighted by atomic mass is 10.2. The lowest BCUT2D eigenvalue weighted by molar-refractivity contribution is 0.0692. The van der Waals surface area contributed by atoms with Gasteiger partial charge < -0.3 is 9.84 Å². The molecule has 0 aromatic heterocycles. The van der Waals surface area contributed by atoms with Gasteiger partial charge in [-0.25, -0.2) is 4.79 Å². The standard InChI is InChI=1S/C14H20O3S/c1-2-3-10-18-11-6-9-17-13-8-5-4-7-12(13)14(15)16/h4-5,7-8H,2-3,6,9-11H2,1H3,(H,15,16). The molecule has 0 amide bonds. The number of carboxylic acid groups (broad SMARTS) is 1. The van der Waals surface area contributed by atoms with Gasteiger partial charge in [0.05, 0.1) is 6.61 Å². The first-order valence-electron chi connectivity index (χ1n) is 6.28. The Balaban J connectivity index is 2.25. The molecule has 0 spiro atoms. The van der Waals surface area contributed by atoms with E-state index in [4.69, 9.17) is 9.84 Å². The molecule has 0 saturated heterocycles. The number of hydrogen-bond donors (Lipinski definition) is 1. The zero-order valence-electron chi connectivity index (χ0n) is 10.7. The predicted molar refractivity (Wildman–Crippen MR) is 75.7 cm³/mol. The molecule has 0 aliphatic carbocycles. The van der Waals surface area contributed by atoms with Crippen molar-refractivity contribution in [2.75, 3.05) is 18.1 Å². The van der Waals surface area contributed by atoms with E-state index in [9.17, 15) is 4.79 Å². The van der Waals surface area contributed by atoms with Gasteiger partial charge >= 0.3 is 5.97 Å². The molecule has 1 aromatic rings. The van der Waals surface area contributed by atoms with Gasteiger partial charge in [0.1, 0.15) is 11.3 Å². The smallest absolute Gasteiger partial charge is 0.339 e. The molecule has 0 aliphatic heterocycles. The second kappa shape index (κ2) is 8.86. The van der Waals surface area contributed by atoms with Crippen LogP contribution in [0.25, 0.3) is 0 Å². The van der Waals surface area contributed by atoms with Gasteiger partial charge in [-0.1, -0.05) is 25.5 Å². The molecule has 1 rings (SSSR count). The summed E-state index contributed by atoms with van der Waals surface area (Å²) in [5.41, 5.74) is 0.233. The van der Waals surface area contributed by atoms with Crippen LogP contribution in [-0.2, 0) is 0 Å². The molecular weight excluding hydrogens is 248 g/mol. The fourth-order valence-corrected chi connectivity index (χ4v) is 2.48. The molecule has 18 heavy (non-hydrogen) atoms. The Morgan fingerprint density at radius 1 is 1.28 bits per heavy atom. The van der Waals surface area contributed by atoms with Crippen molar-refractivity contribution in [2.45, 2.75) is 26.2 Å². The van der Waals surface area contributed by atoms with Crippen LogP contribution in [0.3, 0.4) is 0 Å². The van der Waals surface area contributed by atoms with Crippen LogP contribution in [0.15, 0.2) is 24.3 Å². The largest absolute Gasteiger partial charge is 0.493 e. The highest BCUT2D eigenvalue weighted by atomic mass is 32.2. The minimum Gasteiger partial charge on any atom is -0.493 e. The first kappa shape index (κ1) is 14.9. The number of unbranched alkanes of at least 4 members (excludes halogenated alkanes) is 1. The molecule has 0 radical (unpaired) electrons. The number of benzene rings is 1. The Bertz CT molecular complexity index is 366. The summed E-state index contributed by atoms with van der Waals surface area (Å²) in [5, 5.41) is 8.98. The Hall–Kier alpha value is -1.16. The van der Waals surface area contributed by atoms with Crippen LogP contribution >= 0.6 is 11.8 Å². The Morgan fingerprint density at radius 3 is 2.72 bits per heavy atom. The minimum absolute atomic E-state index is 0.233. The predicted octanol–water partition coefficient (Wildman–Crippen LogP) is 3.69. The summed E-state index contributed by atoms with van der Waals surface area (Å²) < 4.78 is 5.51. The van der Waals surface area contributed by atoms with Gasteiger partial charge in [-0.2, -0.15) is 11.8 Å². The maximum absolute atomic E-state index is 10.9. The fraction of sp³-hybridized carbons (Fsp3) is 0.500. The molecular formula is C14H20O3S. The first-order chi connectivity index (χ1) is 8.75. The lowest BCUT2D eigenvalue weighted by Gasteiger charge is -2.08. The Kier molecular flexibility index (Phi) is 7.34. The topological polar surface area (TPSA) is 46.5 Å². The average molecular weight is 268 g/mol. The molecule has 1 N–H and O–H groups in total. The van der Waals surface area contributed by atoms with E-state index in [1.54, 1.807) is 24.3 Å². The number of aromatic carboxylic acids is 1. The van der Waals surface area contributed by atoms with Crippen molar-refractivity contribution < 1.29 is 14.6 Å². The highest BCUT2D eigenvalue weighted by molar-refractivity contribution is 7.99. The van der Waals surface area contributed by atoms with Crippen LogP contribution in [0.4, 0.5) is 0 Å². The summed E-state index contributed by atoms with van der Waals surface area (Å²) in [6.45, 7) is 2.76. The summed E-state index contributed by atoms with van der Waals surface area (Å²) in [5.74, 6) is 1.78. The van der Waals surface area contributed by atoms with E-state index in [1.807, 2.05) is 11.8 Å². The molecule has 0 unspecified atom stereocenters.